The smallest absolute Gasteiger partial charge is 0.102 e. The average Bonchev–Trinajstić information content (AvgIpc) is 2.49. The summed E-state index contributed by atoms with van der Waals surface area (Å²) < 4.78 is 6.44. The number of rotatable bonds is 6. The van der Waals surface area contributed by atoms with Crippen LogP contribution in [0.4, 0.5) is 0 Å². The maximum absolute atomic E-state index is 10.8. The predicted molar refractivity (Wildman–Crippen MR) is 84.7 cm³/mol. The molecule has 1 aliphatic rings. The number of hydrogen-bond acceptors (Lipinski definition) is 3. The van der Waals surface area contributed by atoms with Crippen LogP contribution in [0.5, 0.6) is 0 Å². The molecule has 1 unspecified atom stereocenters. The molecule has 2 rings (SSSR count). The van der Waals surface area contributed by atoms with Crippen molar-refractivity contribution in [2.75, 3.05) is 26.3 Å². The van der Waals surface area contributed by atoms with Gasteiger partial charge in [0.2, 0.25) is 0 Å². The Morgan fingerprint density at radius 3 is 2.70 bits per heavy atom. The first-order valence-electron chi connectivity index (χ1n) is 7.09. The van der Waals surface area contributed by atoms with Crippen molar-refractivity contribution < 1.29 is 9.84 Å². The van der Waals surface area contributed by atoms with E-state index in [4.69, 9.17) is 4.74 Å². The van der Waals surface area contributed by atoms with Gasteiger partial charge < -0.3 is 15.2 Å². The molecule has 20 heavy (non-hydrogen) atoms. The molecule has 1 atom stereocenters. The van der Waals surface area contributed by atoms with Crippen LogP contribution in [0, 0.1) is 0 Å². The maximum Gasteiger partial charge on any atom is 0.102 e. The van der Waals surface area contributed by atoms with Gasteiger partial charge in [-0.15, -0.1) is 0 Å². The lowest BCUT2D eigenvalue weighted by molar-refractivity contribution is 0.0330. The molecular formula is C16H22BrNO2. The molecule has 1 aromatic carbocycles. The van der Waals surface area contributed by atoms with E-state index >= 15 is 0 Å². The Bertz CT molecular complexity index is 458. The Morgan fingerprint density at radius 2 is 2.10 bits per heavy atom. The van der Waals surface area contributed by atoms with E-state index in [2.05, 4.69) is 27.3 Å². The monoisotopic (exact) mass is 339 g/mol. The molecule has 2 N–H and O–H groups in total. The van der Waals surface area contributed by atoms with Gasteiger partial charge in [0.1, 0.15) is 5.60 Å². The van der Waals surface area contributed by atoms with Crippen molar-refractivity contribution in [3.05, 3.63) is 46.0 Å². The first kappa shape index (κ1) is 15.7. The third-order valence-electron chi connectivity index (χ3n) is 3.72. The van der Waals surface area contributed by atoms with Crippen molar-refractivity contribution in [1.82, 2.24) is 5.32 Å². The second-order valence-corrected chi connectivity index (χ2v) is 6.11. The third kappa shape index (κ3) is 4.16. The SMILES string of the molecule is CCC(O)(CNCC1=CCCOC1)c1ccc(Br)cc1. The standard InChI is InChI=1S/C16H22BrNO2/c1-2-16(19,14-5-7-15(17)8-6-14)12-18-10-13-4-3-9-20-11-13/h4-8,18-19H,2-3,9-12H2,1H3. The molecule has 0 aliphatic carbocycles. The van der Waals surface area contributed by atoms with Crippen LogP contribution >= 0.6 is 15.9 Å². The summed E-state index contributed by atoms with van der Waals surface area (Å²) in [6, 6.07) is 7.87. The second-order valence-electron chi connectivity index (χ2n) is 5.20. The number of ether oxygens (including phenoxy) is 1. The molecule has 4 heteroatoms. The number of benzene rings is 1. The Kier molecular flexibility index (Phi) is 5.78. The Balaban J connectivity index is 1.93. The molecule has 1 aromatic rings. The van der Waals surface area contributed by atoms with E-state index in [0.717, 1.165) is 29.6 Å². The molecule has 0 saturated heterocycles. The minimum Gasteiger partial charge on any atom is -0.384 e. The summed E-state index contributed by atoms with van der Waals surface area (Å²) in [5.74, 6) is 0. The van der Waals surface area contributed by atoms with E-state index in [0.29, 0.717) is 19.6 Å². The van der Waals surface area contributed by atoms with Crippen molar-refractivity contribution in [3.8, 4) is 0 Å². The molecule has 3 nitrogen and oxygen atoms in total. The van der Waals surface area contributed by atoms with E-state index in [1.54, 1.807) is 0 Å². The highest BCUT2D eigenvalue weighted by molar-refractivity contribution is 9.10. The Hall–Kier alpha value is -0.680. The Labute approximate surface area is 129 Å². The summed E-state index contributed by atoms with van der Waals surface area (Å²) in [7, 11) is 0. The summed E-state index contributed by atoms with van der Waals surface area (Å²) in [5, 5.41) is 14.1. The summed E-state index contributed by atoms with van der Waals surface area (Å²) >= 11 is 3.42. The molecule has 0 bridgehead atoms. The van der Waals surface area contributed by atoms with E-state index in [9.17, 15) is 5.11 Å². The van der Waals surface area contributed by atoms with Gasteiger partial charge in [0, 0.05) is 17.6 Å². The minimum atomic E-state index is -0.823. The van der Waals surface area contributed by atoms with Gasteiger partial charge in [0.05, 0.1) is 13.2 Å². The molecule has 0 saturated carbocycles. The van der Waals surface area contributed by atoms with Crippen molar-refractivity contribution in [2.45, 2.75) is 25.4 Å². The average molecular weight is 340 g/mol. The van der Waals surface area contributed by atoms with Gasteiger partial charge in [0.25, 0.3) is 0 Å². The van der Waals surface area contributed by atoms with Gasteiger partial charge >= 0.3 is 0 Å². The second kappa shape index (κ2) is 7.36. The van der Waals surface area contributed by atoms with Crippen molar-refractivity contribution >= 4 is 15.9 Å². The van der Waals surface area contributed by atoms with Gasteiger partial charge in [-0.3, -0.25) is 0 Å². The lowest BCUT2D eigenvalue weighted by Crippen LogP contribution is -2.38. The zero-order valence-electron chi connectivity index (χ0n) is 11.9. The maximum atomic E-state index is 10.8. The summed E-state index contributed by atoms with van der Waals surface area (Å²) in [4.78, 5) is 0. The minimum absolute atomic E-state index is 0.544. The van der Waals surface area contributed by atoms with Crippen molar-refractivity contribution in [1.29, 1.82) is 0 Å². The van der Waals surface area contributed by atoms with Gasteiger partial charge in [0.15, 0.2) is 0 Å². The van der Waals surface area contributed by atoms with E-state index in [1.807, 2.05) is 31.2 Å². The fraction of sp³-hybridized carbons (Fsp3) is 0.500. The summed E-state index contributed by atoms with van der Waals surface area (Å²) in [5.41, 5.74) is 1.40. The summed E-state index contributed by atoms with van der Waals surface area (Å²) in [6.45, 7) is 4.85. The zero-order chi connectivity index (χ0) is 14.4. The van der Waals surface area contributed by atoms with Crippen LogP contribution in [0.3, 0.4) is 0 Å². The fourth-order valence-corrected chi connectivity index (χ4v) is 2.62. The van der Waals surface area contributed by atoms with Gasteiger partial charge in [-0.2, -0.15) is 0 Å². The quantitative estimate of drug-likeness (QED) is 0.783. The molecule has 0 fully saturated rings. The van der Waals surface area contributed by atoms with Crippen molar-refractivity contribution in [3.63, 3.8) is 0 Å². The van der Waals surface area contributed by atoms with Crippen LogP contribution < -0.4 is 5.32 Å². The highest BCUT2D eigenvalue weighted by Gasteiger charge is 2.26. The van der Waals surface area contributed by atoms with Crippen LogP contribution in [-0.4, -0.2) is 31.4 Å². The van der Waals surface area contributed by atoms with E-state index in [1.165, 1.54) is 5.57 Å². The lowest BCUT2D eigenvalue weighted by atomic mass is 9.91. The van der Waals surface area contributed by atoms with E-state index < -0.39 is 5.60 Å². The molecule has 1 heterocycles. The molecule has 0 spiro atoms. The first-order chi connectivity index (χ1) is 9.64. The number of hydrogen-bond donors (Lipinski definition) is 2. The van der Waals surface area contributed by atoms with Crippen molar-refractivity contribution in [2.24, 2.45) is 0 Å². The third-order valence-corrected chi connectivity index (χ3v) is 4.25. The molecule has 110 valence electrons. The number of aliphatic hydroxyl groups is 1. The number of halogens is 1. The molecule has 0 radical (unpaired) electrons. The highest BCUT2D eigenvalue weighted by Crippen LogP contribution is 2.25. The largest absolute Gasteiger partial charge is 0.384 e. The Morgan fingerprint density at radius 1 is 1.35 bits per heavy atom. The molecular weight excluding hydrogens is 318 g/mol. The normalized spacial score (nSPS) is 18.4. The first-order valence-corrected chi connectivity index (χ1v) is 7.88. The molecule has 0 aromatic heterocycles. The van der Waals surface area contributed by atoms with Crippen LogP contribution in [0.15, 0.2) is 40.4 Å². The van der Waals surface area contributed by atoms with Crippen LogP contribution in [-0.2, 0) is 10.3 Å². The van der Waals surface area contributed by atoms with Gasteiger partial charge in [-0.05, 0) is 36.1 Å². The van der Waals surface area contributed by atoms with Crippen LogP contribution in [0.1, 0.15) is 25.3 Å². The topological polar surface area (TPSA) is 41.5 Å². The molecule has 0 amide bonds. The van der Waals surface area contributed by atoms with Crippen LogP contribution in [0.25, 0.3) is 0 Å². The summed E-state index contributed by atoms with van der Waals surface area (Å²) in [6.07, 6.45) is 3.89. The van der Waals surface area contributed by atoms with Gasteiger partial charge in [-0.1, -0.05) is 41.1 Å². The predicted octanol–water partition coefficient (Wildman–Crippen LogP) is 2.98. The fourth-order valence-electron chi connectivity index (χ4n) is 2.35. The lowest BCUT2D eigenvalue weighted by Gasteiger charge is -2.28. The number of nitrogens with one attached hydrogen (secondary N) is 1. The van der Waals surface area contributed by atoms with Gasteiger partial charge in [-0.25, -0.2) is 0 Å². The zero-order valence-corrected chi connectivity index (χ0v) is 13.4. The highest BCUT2D eigenvalue weighted by atomic mass is 79.9. The van der Waals surface area contributed by atoms with Crippen LogP contribution in [0.2, 0.25) is 0 Å². The van der Waals surface area contributed by atoms with E-state index in [-0.39, 0.29) is 0 Å². The molecule has 1 aliphatic heterocycles.